The van der Waals surface area contributed by atoms with Crippen molar-refractivity contribution in [1.29, 1.82) is 0 Å². The minimum atomic E-state index is -5.11. The molecule has 2 aromatic carbocycles. The van der Waals surface area contributed by atoms with E-state index in [9.17, 15) is 18.9 Å². The van der Waals surface area contributed by atoms with Crippen LogP contribution in [0.4, 0.5) is 0 Å². The number of ether oxygens (including phenoxy) is 3. The van der Waals surface area contributed by atoms with Crippen LogP contribution in [0.15, 0.2) is 30.3 Å². The van der Waals surface area contributed by atoms with E-state index >= 15 is 0 Å². The molecular weight excluding hydrogens is 520 g/mol. The van der Waals surface area contributed by atoms with Crippen LogP contribution in [0, 0.1) is 0 Å². The van der Waals surface area contributed by atoms with Gasteiger partial charge < -0.3 is 42.8 Å². The molecule has 32 heavy (non-hydrogen) atoms. The standard InChI is InChI=1S/C17H20O11P2.2K/c1-24-13-7-6-11(8-14(13)27-29(18,19)20)4-5-12-9-15(25-2)17(26-3)16(10-12)28-30(21,22)23;;/h4-10H,1-3H3,(H2,18,19,20)(H2,21,22,23);;/q;2*+1/p-2/b5-4-;;. The van der Waals surface area contributed by atoms with E-state index in [2.05, 4.69) is 9.05 Å². The third-order valence-electron chi connectivity index (χ3n) is 3.55. The summed E-state index contributed by atoms with van der Waals surface area (Å²) in [5.41, 5.74) is 0.846. The van der Waals surface area contributed by atoms with Crippen LogP contribution in [-0.2, 0) is 9.13 Å². The fraction of sp³-hybridized carbons (Fsp3) is 0.176. The Morgan fingerprint density at radius 1 is 0.719 bits per heavy atom. The topological polar surface area (TPSA) is 167 Å². The number of hydrogen-bond donors (Lipinski definition) is 2. The smallest absolute Gasteiger partial charge is 0.746 e. The van der Waals surface area contributed by atoms with Gasteiger partial charge in [-0.25, -0.2) is 0 Å². The van der Waals surface area contributed by atoms with E-state index in [1.54, 1.807) is 6.07 Å². The summed E-state index contributed by atoms with van der Waals surface area (Å²) in [4.78, 5) is 40.1. The van der Waals surface area contributed by atoms with E-state index in [1.165, 1.54) is 57.7 Å². The second kappa shape index (κ2) is 14.3. The van der Waals surface area contributed by atoms with Crippen LogP contribution in [0.2, 0.25) is 0 Å². The van der Waals surface area contributed by atoms with Gasteiger partial charge in [-0.05, 0) is 35.4 Å². The van der Waals surface area contributed by atoms with E-state index in [1.807, 2.05) is 0 Å². The van der Waals surface area contributed by atoms with Crippen molar-refractivity contribution in [3.05, 3.63) is 41.5 Å². The van der Waals surface area contributed by atoms with Gasteiger partial charge in [0.2, 0.25) is 5.75 Å². The molecule has 0 aliphatic carbocycles. The maximum absolute atomic E-state index is 11.1. The molecule has 2 aromatic rings. The first kappa shape index (κ1) is 32.8. The average Bonchev–Trinajstić information content (AvgIpc) is 2.63. The Hall–Kier alpha value is 0.753. The third kappa shape index (κ3) is 10.6. The number of rotatable bonds is 9. The fourth-order valence-corrected chi connectivity index (χ4v) is 3.20. The van der Waals surface area contributed by atoms with Gasteiger partial charge in [0, 0.05) is 0 Å². The number of hydrogen-bond acceptors (Lipinski definition) is 9. The van der Waals surface area contributed by atoms with E-state index in [0.29, 0.717) is 11.1 Å². The van der Waals surface area contributed by atoms with Crippen LogP contribution in [0.1, 0.15) is 11.1 Å². The molecule has 11 nitrogen and oxygen atoms in total. The second-order valence-corrected chi connectivity index (χ2v) is 7.86. The number of phosphoric acid groups is 2. The summed E-state index contributed by atoms with van der Waals surface area (Å²) >= 11 is 0. The molecule has 0 amide bonds. The SMILES string of the molecule is COc1ccc(/C=C\c2cc(OC)c(OC)c(OP(=O)([O-])O)c2)cc1OP(=O)([O-])O.[K+].[K+]. The summed E-state index contributed by atoms with van der Waals surface area (Å²) in [7, 11) is -6.27. The summed E-state index contributed by atoms with van der Waals surface area (Å²) in [5, 5.41) is 0. The molecule has 2 atom stereocenters. The van der Waals surface area contributed by atoms with Crippen LogP contribution in [0.3, 0.4) is 0 Å². The molecule has 0 heterocycles. The van der Waals surface area contributed by atoms with Crippen molar-refractivity contribution in [1.82, 2.24) is 0 Å². The number of methoxy groups -OCH3 is 3. The van der Waals surface area contributed by atoms with Crippen molar-refractivity contribution in [2.24, 2.45) is 0 Å². The zero-order valence-corrected chi connectivity index (χ0v) is 26.0. The van der Waals surface area contributed by atoms with Gasteiger partial charge in [-0.2, -0.15) is 0 Å². The zero-order chi connectivity index (χ0) is 22.5. The molecule has 2 unspecified atom stereocenters. The molecule has 0 radical (unpaired) electrons. The van der Waals surface area contributed by atoms with Gasteiger partial charge in [0.05, 0.1) is 21.3 Å². The minimum Gasteiger partial charge on any atom is -0.746 e. The summed E-state index contributed by atoms with van der Waals surface area (Å²) in [5.74, 6) is -0.371. The van der Waals surface area contributed by atoms with Gasteiger partial charge in [0.15, 0.2) is 23.0 Å². The maximum Gasteiger partial charge on any atom is 1.00 e. The number of phosphoric ester groups is 2. The molecule has 0 bridgehead atoms. The van der Waals surface area contributed by atoms with Crippen molar-refractivity contribution < 1.29 is 155 Å². The Kier molecular flexibility index (Phi) is 14.7. The molecule has 0 spiro atoms. The molecule has 15 heteroatoms. The van der Waals surface area contributed by atoms with Crippen LogP contribution in [0.5, 0.6) is 28.7 Å². The summed E-state index contributed by atoms with van der Waals surface area (Å²) < 4.78 is 46.4. The first-order chi connectivity index (χ1) is 14.0. The molecule has 0 aliphatic heterocycles. The summed E-state index contributed by atoms with van der Waals surface area (Å²) in [6, 6.07) is 7.09. The number of benzene rings is 2. The Morgan fingerprint density at radius 3 is 1.69 bits per heavy atom. The molecule has 0 aliphatic rings. The van der Waals surface area contributed by atoms with Gasteiger partial charge in [0.1, 0.15) is 0 Å². The molecule has 164 valence electrons. The quantitative estimate of drug-likeness (QED) is 0.180. The van der Waals surface area contributed by atoms with Gasteiger partial charge in [0.25, 0.3) is 0 Å². The predicted octanol–water partition coefficient (Wildman–Crippen LogP) is -4.43. The van der Waals surface area contributed by atoms with Crippen molar-refractivity contribution in [2.75, 3.05) is 21.3 Å². The summed E-state index contributed by atoms with van der Waals surface area (Å²) in [6.07, 6.45) is 3.05. The van der Waals surface area contributed by atoms with Crippen molar-refractivity contribution in [3.8, 4) is 28.7 Å². The molecular formula is C17H18K2O11P2. The minimum absolute atomic E-state index is 0. The Bertz CT molecular complexity index is 1030. The van der Waals surface area contributed by atoms with Gasteiger partial charge in [-0.3, -0.25) is 9.13 Å². The Balaban J connectivity index is 0.00000480. The average molecular weight is 538 g/mol. The Morgan fingerprint density at radius 2 is 1.19 bits per heavy atom. The van der Waals surface area contributed by atoms with Crippen LogP contribution in [-0.4, -0.2) is 31.1 Å². The van der Waals surface area contributed by atoms with Crippen LogP contribution >= 0.6 is 15.6 Å². The van der Waals surface area contributed by atoms with E-state index in [4.69, 9.17) is 24.0 Å². The van der Waals surface area contributed by atoms with E-state index in [0.717, 1.165) is 0 Å². The normalized spacial score (nSPS) is 14.2. The predicted molar refractivity (Wildman–Crippen MR) is 102 cm³/mol. The van der Waals surface area contributed by atoms with Crippen molar-refractivity contribution in [2.45, 2.75) is 0 Å². The largest absolute Gasteiger partial charge is 1.00 e. The molecule has 0 saturated heterocycles. The van der Waals surface area contributed by atoms with Crippen LogP contribution < -0.4 is 136 Å². The maximum atomic E-state index is 11.1. The first-order valence-corrected chi connectivity index (χ1v) is 11.0. The molecule has 0 fully saturated rings. The summed E-state index contributed by atoms with van der Waals surface area (Å²) in [6.45, 7) is 0. The second-order valence-electron chi connectivity index (χ2n) is 5.62. The Labute approximate surface area is 269 Å². The fourth-order valence-electron chi connectivity index (χ4n) is 2.42. The molecule has 2 N–H and O–H groups in total. The third-order valence-corrected chi connectivity index (χ3v) is 4.41. The monoisotopic (exact) mass is 538 g/mol. The van der Waals surface area contributed by atoms with Gasteiger partial charge in [-0.15, -0.1) is 0 Å². The van der Waals surface area contributed by atoms with Crippen molar-refractivity contribution >= 4 is 27.8 Å². The molecule has 0 aromatic heterocycles. The molecule has 2 rings (SSSR count). The van der Waals surface area contributed by atoms with E-state index < -0.39 is 15.6 Å². The van der Waals surface area contributed by atoms with Crippen molar-refractivity contribution in [3.63, 3.8) is 0 Å². The van der Waals surface area contributed by atoms with Gasteiger partial charge in [-0.1, -0.05) is 18.2 Å². The van der Waals surface area contributed by atoms with Crippen LogP contribution in [0.25, 0.3) is 12.2 Å². The first-order valence-electron chi connectivity index (χ1n) is 8.04. The van der Waals surface area contributed by atoms with Gasteiger partial charge >= 0.3 is 118 Å². The molecule has 0 saturated carbocycles. The van der Waals surface area contributed by atoms with E-state index in [-0.39, 0.29) is 132 Å². The zero-order valence-electron chi connectivity index (χ0n) is 18.0.